The Morgan fingerprint density at radius 2 is 2.07 bits per heavy atom. The van der Waals surface area contributed by atoms with Crippen molar-refractivity contribution in [2.75, 3.05) is 5.32 Å². The van der Waals surface area contributed by atoms with Gasteiger partial charge in [-0.15, -0.1) is 0 Å². The summed E-state index contributed by atoms with van der Waals surface area (Å²) in [7, 11) is 1.87. The summed E-state index contributed by atoms with van der Waals surface area (Å²) in [5.41, 5.74) is 3.07. The maximum absolute atomic E-state index is 13.5. The highest BCUT2D eigenvalue weighted by atomic mass is 19.1. The summed E-state index contributed by atoms with van der Waals surface area (Å²) in [6.45, 7) is 3.68. The standard InChI is InChI=1S/C20H19FN4O2/c1-11-16-9-14(21)4-7-18(16)27-19(11)12(2)23-20(26)24-15-5-6-17-13(8-15)10-22-25(17)3/h4-10,12H,1-3H3,(H2,23,24,26)/t12-/m1/s1. The fourth-order valence-electron chi connectivity index (χ4n) is 3.30. The first-order chi connectivity index (χ1) is 12.9. The van der Waals surface area contributed by atoms with Crippen LogP contribution in [0.25, 0.3) is 21.9 Å². The molecular formula is C20H19FN4O2. The molecule has 0 aliphatic heterocycles. The first kappa shape index (κ1) is 17.1. The third-order valence-electron chi connectivity index (χ3n) is 4.68. The molecule has 0 unspecified atom stereocenters. The van der Waals surface area contributed by atoms with Crippen LogP contribution in [0, 0.1) is 12.7 Å². The molecule has 138 valence electrons. The van der Waals surface area contributed by atoms with Crippen LogP contribution < -0.4 is 10.6 Å². The lowest BCUT2D eigenvalue weighted by Crippen LogP contribution is -2.31. The zero-order chi connectivity index (χ0) is 19.1. The van der Waals surface area contributed by atoms with Crippen LogP contribution >= 0.6 is 0 Å². The minimum absolute atomic E-state index is 0.318. The molecular weight excluding hydrogens is 347 g/mol. The van der Waals surface area contributed by atoms with E-state index in [-0.39, 0.29) is 17.9 Å². The number of urea groups is 1. The number of nitrogens with zero attached hydrogens (tertiary/aromatic N) is 2. The molecule has 0 saturated heterocycles. The van der Waals surface area contributed by atoms with Gasteiger partial charge in [-0.1, -0.05) is 0 Å². The van der Waals surface area contributed by atoms with E-state index in [2.05, 4.69) is 15.7 Å². The summed E-state index contributed by atoms with van der Waals surface area (Å²) in [5, 5.41) is 11.5. The summed E-state index contributed by atoms with van der Waals surface area (Å²) in [6, 6.07) is 9.25. The second-order valence-electron chi connectivity index (χ2n) is 6.59. The summed E-state index contributed by atoms with van der Waals surface area (Å²) < 4.78 is 21.0. The highest BCUT2D eigenvalue weighted by molar-refractivity contribution is 5.93. The molecule has 0 fully saturated rings. The Kier molecular flexibility index (Phi) is 4.07. The van der Waals surface area contributed by atoms with Gasteiger partial charge in [0.25, 0.3) is 0 Å². The van der Waals surface area contributed by atoms with Crippen molar-refractivity contribution in [3.8, 4) is 0 Å². The molecule has 4 rings (SSSR count). The zero-order valence-electron chi connectivity index (χ0n) is 15.2. The number of aromatic nitrogens is 2. The van der Waals surface area contributed by atoms with Crippen molar-refractivity contribution in [3.63, 3.8) is 0 Å². The minimum atomic E-state index is -0.373. The predicted molar refractivity (Wildman–Crippen MR) is 102 cm³/mol. The lowest BCUT2D eigenvalue weighted by atomic mass is 10.1. The van der Waals surface area contributed by atoms with E-state index in [0.29, 0.717) is 22.4 Å². The summed E-state index contributed by atoms with van der Waals surface area (Å²) >= 11 is 0. The first-order valence-corrected chi connectivity index (χ1v) is 8.60. The highest BCUT2D eigenvalue weighted by Crippen LogP contribution is 2.30. The van der Waals surface area contributed by atoms with Gasteiger partial charge in [-0.3, -0.25) is 4.68 Å². The fraction of sp³-hybridized carbons (Fsp3) is 0.200. The third kappa shape index (κ3) is 3.12. The number of fused-ring (bicyclic) bond motifs is 2. The summed E-state index contributed by atoms with van der Waals surface area (Å²) in [4.78, 5) is 12.4. The molecule has 0 aliphatic rings. The van der Waals surface area contributed by atoms with Crippen LogP contribution in [-0.4, -0.2) is 15.8 Å². The van der Waals surface area contributed by atoms with E-state index in [1.54, 1.807) is 16.9 Å². The van der Waals surface area contributed by atoms with Crippen LogP contribution in [0.1, 0.15) is 24.3 Å². The average Bonchev–Trinajstić information content (AvgIpc) is 3.15. The van der Waals surface area contributed by atoms with Gasteiger partial charge in [0.05, 0.1) is 17.8 Å². The Morgan fingerprint density at radius 1 is 1.26 bits per heavy atom. The van der Waals surface area contributed by atoms with E-state index in [0.717, 1.165) is 16.5 Å². The van der Waals surface area contributed by atoms with Crippen molar-refractivity contribution in [2.45, 2.75) is 19.9 Å². The number of nitrogens with one attached hydrogen (secondary N) is 2. The van der Waals surface area contributed by atoms with E-state index < -0.39 is 0 Å². The molecule has 0 spiro atoms. The largest absolute Gasteiger partial charge is 0.459 e. The van der Waals surface area contributed by atoms with Gasteiger partial charge in [-0.25, -0.2) is 9.18 Å². The van der Waals surface area contributed by atoms with Gasteiger partial charge in [-0.2, -0.15) is 5.10 Å². The molecule has 1 atom stereocenters. The van der Waals surface area contributed by atoms with Gasteiger partial charge >= 0.3 is 6.03 Å². The normalized spacial score (nSPS) is 12.4. The molecule has 0 saturated carbocycles. The number of furan rings is 1. The van der Waals surface area contributed by atoms with Crippen molar-refractivity contribution in [3.05, 3.63) is 59.7 Å². The number of halogens is 1. The van der Waals surface area contributed by atoms with Crippen LogP contribution in [-0.2, 0) is 7.05 Å². The molecule has 0 aliphatic carbocycles. The maximum atomic E-state index is 13.5. The van der Waals surface area contributed by atoms with Crippen LogP contribution in [0.3, 0.4) is 0 Å². The Bertz CT molecular complexity index is 1160. The van der Waals surface area contributed by atoms with Gasteiger partial charge in [-0.05, 0) is 50.2 Å². The van der Waals surface area contributed by atoms with Crippen LogP contribution in [0.2, 0.25) is 0 Å². The molecule has 6 nitrogen and oxygen atoms in total. The molecule has 2 N–H and O–H groups in total. The average molecular weight is 366 g/mol. The molecule has 2 heterocycles. The van der Waals surface area contributed by atoms with E-state index in [4.69, 9.17) is 4.42 Å². The smallest absolute Gasteiger partial charge is 0.319 e. The van der Waals surface area contributed by atoms with E-state index in [1.807, 2.05) is 39.1 Å². The number of aryl methyl sites for hydroxylation is 2. The molecule has 27 heavy (non-hydrogen) atoms. The lowest BCUT2D eigenvalue weighted by Gasteiger charge is -2.13. The second kappa shape index (κ2) is 6.42. The number of carbonyl (C=O) groups is 1. The topological polar surface area (TPSA) is 72.1 Å². The van der Waals surface area contributed by atoms with Gasteiger partial charge in [0.2, 0.25) is 0 Å². The van der Waals surface area contributed by atoms with Crippen LogP contribution in [0.4, 0.5) is 14.9 Å². The minimum Gasteiger partial charge on any atom is -0.459 e. The van der Waals surface area contributed by atoms with Gasteiger partial charge in [0, 0.05) is 29.1 Å². The second-order valence-corrected chi connectivity index (χ2v) is 6.59. The number of amides is 2. The maximum Gasteiger partial charge on any atom is 0.319 e. The monoisotopic (exact) mass is 366 g/mol. The van der Waals surface area contributed by atoms with Crippen molar-refractivity contribution in [2.24, 2.45) is 7.05 Å². The number of hydrogen-bond donors (Lipinski definition) is 2. The third-order valence-corrected chi connectivity index (χ3v) is 4.68. The SMILES string of the molecule is Cc1c([C@@H](C)NC(=O)Nc2ccc3c(cnn3C)c2)oc2ccc(F)cc12. The number of hydrogen-bond acceptors (Lipinski definition) is 3. The van der Waals surface area contributed by atoms with Crippen molar-refractivity contribution >= 4 is 33.6 Å². The molecule has 4 aromatic rings. The van der Waals surface area contributed by atoms with E-state index in [9.17, 15) is 9.18 Å². The first-order valence-electron chi connectivity index (χ1n) is 8.60. The number of anilines is 1. The van der Waals surface area contributed by atoms with Crippen LogP contribution in [0.5, 0.6) is 0 Å². The molecule has 2 amide bonds. The van der Waals surface area contributed by atoms with Crippen LogP contribution in [0.15, 0.2) is 47.0 Å². The summed E-state index contributed by atoms with van der Waals surface area (Å²) in [5.74, 6) is 0.288. The van der Waals surface area contributed by atoms with Crippen molar-refractivity contribution in [1.29, 1.82) is 0 Å². The molecule has 0 bridgehead atoms. The number of rotatable bonds is 3. The van der Waals surface area contributed by atoms with E-state index >= 15 is 0 Å². The zero-order valence-corrected chi connectivity index (χ0v) is 15.2. The highest BCUT2D eigenvalue weighted by Gasteiger charge is 2.19. The predicted octanol–water partition coefficient (Wildman–Crippen LogP) is 4.65. The summed E-state index contributed by atoms with van der Waals surface area (Å²) in [6.07, 6.45) is 1.75. The Hall–Kier alpha value is -3.35. The van der Waals surface area contributed by atoms with Crippen molar-refractivity contribution in [1.82, 2.24) is 15.1 Å². The van der Waals surface area contributed by atoms with Gasteiger partial charge in [0.1, 0.15) is 17.2 Å². The molecule has 7 heteroatoms. The van der Waals surface area contributed by atoms with Crippen molar-refractivity contribution < 1.29 is 13.6 Å². The molecule has 0 radical (unpaired) electrons. The lowest BCUT2D eigenvalue weighted by molar-refractivity contribution is 0.248. The Balaban J connectivity index is 1.51. The fourth-order valence-corrected chi connectivity index (χ4v) is 3.30. The van der Waals surface area contributed by atoms with Gasteiger partial charge in [0.15, 0.2) is 0 Å². The van der Waals surface area contributed by atoms with E-state index in [1.165, 1.54) is 12.1 Å². The Labute approximate surface area is 155 Å². The molecule has 2 aromatic carbocycles. The number of benzene rings is 2. The number of carbonyl (C=O) groups excluding carboxylic acids is 1. The quantitative estimate of drug-likeness (QED) is 0.554. The Morgan fingerprint density at radius 3 is 2.89 bits per heavy atom. The molecule has 2 aromatic heterocycles. The van der Waals surface area contributed by atoms with Gasteiger partial charge < -0.3 is 15.1 Å².